The van der Waals surface area contributed by atoms with Gasteiger partial charge < -0.3 is 48.5 Å². The maximum absolute atomic E-state index is 11.6. The first kappa shape index (κ1) is 27.2. The zero-order chi connectivity index (χ0) is 25.2. The van der Waals surface area contributed by atoms with Gasteiger partial charge in [0.25, 0.3) is 0 Å². The van der Waals surface area contributed by atoms with E-state index < -0.39 is 85.7 Å². The van der Waals surface area contributed by atoms with Gasteiger partial charge in [0.15, 0.2) is 25.0 Å². The van der Waals surface area contributed by atoms with Crippen LogP contribution in [0.25, 0.3) is 0 Å². The van der Waals surface area contributed by atoms with Crippen molar-refractivity contribution in [1.82, 2.24) is 0 Å². The fraction of sp³-hybridized carbons (Fsp3) is 0.909. The number of hydrogen-bond donors (Lipinski definition) is 3. The van der Waals surface area contributed by atoms with Crippen molar-refractivity contribution < 1.29 is 58.1 Å². The zero-order valence-corrected chi connectivity index (χ0v) is 20.1. The normalized spacial score (nSPS) is 45.4. The van der Waals surface area contributed by atoms with E-state index in [2.05, 4.69) is 0 Å². The summed E-state index contributed by atoms with van der Waals surface area (Å²) in [6.45, 7) is 7.59. The molecule has 0 aliphatic carbocycles. The van der Waals surface area contributed by atoms with Gasteiger partial charge >= 0.3 is 11.9 Å². The minimum Gasteiger partial charge on any atom is -0.458 e. The molecule has 3 N–H and O–H groups in total. The monoisotopic (exact) mass is 492 g/mol. The lowest BCUT2D eigenvalue weighted by Gasteiger charge is -2.44. The molecular weight excluding hydrogens is 456 g/mol. The van der Waals surface area contributed by atoms with E-state index in [0.717, 1.165) is 0 Å². The van der Waals surface area contributed by atoms with Crippen LogP contribution in [0.5, 0.6) is 0 Å². The van der Waals surface area contributed by atoms with E-state index in [9.17, 15) is 24.9 Å². The largest absolute Gasteiger partial charge is 0.458 e. The summed E-state index contributed by atoms with van der Waals surface area (Å²) in [5, 5.41) is 30.6. The number of aliphatic hydroxyl groups excluding tert-OH is 3. The Morgan fingerprint density at radius 1 is 0.676 bits per heavy atom. The van der Waals surface area contributed by atoms with Gasteiger partial charge in [0.05, 0.1) is 30.5 Å². The average Bonchev–Trinajstić information content (AvgIpc) is 2.69. The van der Waals surface area contributed by atoms with Crippen molar-refractivity contribution in [2.24, 2.45) is 0 Å². The minimum absolute atomic E-state index is 0.0145. The van der Waals surface area contributed by atoms with Crippen LogP contribution in [-0.2, 0) is 42.7 Å². The molecule has 3 rings (SSSR count). The molecule has 0 amide bonds. The predicted molar refractivity (Wildman–Crippen MR) is 112 cm³/mol. The van der Waals surface area contributed by atoms with Gasteiger partial charge in [-0.15, -0.1) is 0 Å². The summed E-state index contributed by atoms with van der Waals surface area (Å²) in [6.07, 6.45) is -9.30. The van der Waals surface area contributed by atoms with Crippen LogP contribution in [0, 0.1) is 0 Å². The summed E-state index contributed by atoms with van der Waals surface area (Å²) in [6, 6.07) is 0. The number of esters is 2. The molecule has 3 heterocycles. The summed E-state index contributed by atoms with van der Waals surface area (Å²) in [7, 11) is 0. The molecule has 0 saturated carbocycles. The molecule has 3 fully saturated rings. The van der Waals surface area contributed by atoms with Crippen LogP contribution >= 0.6 is 0 Å². The Balaban J connectivity index is 1.59. The van der Waals surface area contributed by atoms with Crippen LogP contribution in [0.15, 0.2) is 0 Å². The van der Waals surface area contributed by atoms with Crippen LogP contribution in [-0.4, -0.2) is 101 Å². The highest BCUT2D eigenvalue weighted by Crippen LogP contribution is 2.32. The number of carbonyl (C=O) groups is 2. The number of hydrogen-bond acceptors (Lipinski definition) is 12. The third-order valence-electron chi connectivity index (χ3n) is 6.16. The zero-order valence-electron chi connectivity index (χ0n) is 20.1. The first-order valence-electron chi connectivity index (χ1n) is 11.6. The first-order valence-corrected chi connectivity index (χ1v) is 11.6. The van der Waals surface area contributed by atoms with E-state index in [4.69, 9.17) is 33.2 Å². The second-order valence-corrected chi connectivity index (χ2v) is 9.10. The van der Waals surface area contributed by atoms with Crippen molar-refractivity contribution in [1.29, 1.82) is 0 Å². The van der Waals surface area contributed by atoms with Crippen molar-refractivity contribution in [2.45, 2.75) is 128 Å². The SMILES string of the molecule is CC(=O)O[C@H]1[C@@H](OC(C)=O)C[C@H](O[C@H]2[C@@H](O)C[C@H](O[C@H]3[C@@H](O)C[C@H](O)O[C@@H]3C)O[C@@H]2C)O[C@@H]1C. The summed E-state index contributed by atoms with van der Waals surface area (Å²) in [5.74, 6) is -1.05. The Hall–Kier alpha value is -1.38. The van der Waals surface area contributed by atoms with Gasteiger partial charge in [0.2, 0.25) is 0 Å². The topological polar surface area (TPSA) is 159 Å². The summed E-state index contributed by atoms with van der Waals surface area (Å²) in [4.78, 5) is 23.0. The molecule has 0 aromatic heterocycles. The summed E-state index contributed by atoms with van der Waals surface area (Å²) >= 11 is 0. The second-order valence-electron chi connectivity index (χ2n) is 9.10. The molecule has 0 radical (unpaired) electrons. The molecule has 3 aliphatic heterocycles. The summed E-state index contributed by atoms with van der Waals surface area (Å²) < 4.78 is 39.5. The maximum atomic E-state index is 11.6. The fourth-order valence-electron chi connectivity index (χ4n) is 4.67. The standard InChI is InChI=1S/C22H36O12/c1-9-20(14(25)6-17(27)28-9)33-18-7-15(26)21(10(2)29-18)34-19-8-16(31-12(4)23)22(11(3)30-19)32-13(5)24/h9-11,14-22,25-27H,6-8H2,1-5H3/t9-,10-,11-,14+,15+,16+,17-,18+,19+,20-,21-,22-/m1/s1. The number of carbonyl (C=O) groups excluding carboxylic acids is 2. The lowest BCUT2D eigenvalue weighted by Crippen LogP contribution is -2.56. The molecule has 0 aromatic carbocycles. The number of ether oxygens (including phenoxy) is 7. The Labute approximate surface area is 198 Å². The minimum atomic E-state index is -1.06. The molecule has 3 aliphatic rings. The third kappa shape index (κ3) is 6.85. The molecule has 12 atom stereocenters. The highest BCUT2D eigenvalue weighted by Gasteiger charge is 2.46. The first-order chi connectivity index (χ1) is 15.9. The van der Waals surface area contributed by atoms with Gasteiger partial charge in [-0.05, 0) is 20.8 Å². The molecule has 0 unspecified atom stereocenters. The van der Waals surface area contributed by atoms with Crippen LogP contribution < -0.4 is 0 Å². The van der Waals surface area contributed by atoms with E-state index in [1.807, 2.05) is 0 Å². The van der Waals surface area contributed by atoms with E-state index in [-0.39, 0.29) is 19.3 Å². The Morgan fingerprint density at radius 3 is 1.65 bits per heavy atom. The van der Waals surface area contributed by atoms with Gasteiger partial charge in [0, 0.05) is 33.1 Å². The van der Waals surface area contributed by atoms with Crippen molar-refractivity contribution in [3.8, 4) is 0 Å². The lowest BCUT2D eigenvalue weighted by atomic mass is 9.99. The van der Waals surface area contributed by atoms with Gasteiger partial charge in [-0.2, -0.15) is 0 Å². The maximum Gasteiger partial charge on any atom is 0.303 e. The Bertz CT molecular complexity index is 679. The van der Waals surface area contributed by atoms with Gasteiger partial charge in [0.1, 0.15) is 18.3 Å². The molecule has 12 nitrogen and oxygen atoms in total. The Kier molecular flexibility index (Phi) is 9.26. The molecule has 196 valence electrons. The molecule has 34 heavy (non-hydrogen) atoms. The van der Waals surface area contributed by atoms with E-state index >= 15 is 0 Å². The smallest absolute Gasteiger partial charge is 0.303 e. The molecule has 0 bridgehead atoms. The van der Waals surface area contributed by atoms with Crippen LogP contribution in [0.3, 0.4) is 0 Å². The molecule has 12 heteroatoms. The van der Waals surface area contributed by atoms with Crippen molar-refractivity contribution in [3.05, 3.63) is 0 Å². The molecule has 0 spiro atoms. The van der Waals surface area contributed by atoms with E-state index in [0.29, 0.717) is 0 Å². The molecule has 0 aromatic rings. The van der Waals surface area contributed by atoms with E-state index in [1.165, 1.54) is 13.8 Å². The lowest BCUT2D eigenvalue weighted by molar-refractivity contribution is -0.332. The Morgan fingerprint density at radius 2 is 1.15 bits per heavy atom. The third-order valence-corrected chi connectivity index (χ3v) is 6.16. The predicted octanol–water partition coefficient (Wildman–Crippen LogP) is -0.261. The van der Waals surface area contributed by atoms with Crippen LogP contribution in [0.2, 0.25) is 0 Å². The number of rotatable bonds is 6. The second kappa shape index (κ2) is 11.6. The molecular formula is C22H36O12. The van der Waals surface area contributed by atoms with Gasteiger partial charge in [-0.3, -0.25) is 9.59 Å². The number of aliphatic hydroxyl groups is 3. The highest BCUT2D eigenvalue weighted by atomic mass is 16.7. The molecule has 3 saturated heterocycles. The average molecular weight is 493 g/mol. The van der Waals surface area contributed by atoms with Gasteiger partial charge in [-0.25, -0.2) is 0 Å². The van der Waals surface area contributed by atoms with Crippen LogP contribution in [0.1, 0.15) is 53.9 Å². The van der Waals surface area contributed by atoms with Crippen molar-refractivity contribution >= 4 is 11.9 Å². The summed E-state index contributed by atoms with van der Waals surface area (Å²) in [5.41, 5.74) is 0. The quantitative estimate of drug-likeness (QED) is 0.418. The van der Waals surface area contributed by atoms with Crippen molar-refractivity contribution in [2.75, 3.05) is 0 Å². The highest BCUT2D eigenvalue weighted by molar-refractivity contribution is 5.67. The van der Waals surface area contributed by atoms with Gasteiger partial charge in [-0.1, -0.05) is 0 Å². The van der Waals surface area contributed by atoms with Crippen molar-refractivity contribution in [3.63, 3.8) is 0 Å². The van der Waals surface area contributed by atoms with E-state index in [1.54, 1.807) is 20.8 Å². The van der Waals surface area contributed by atoms with Crippen LogP contribution in [0.4, 0.5) is 0 Å². The fourth-order valence-corrected chi connectivity index (χ4v) is 4.67.